The molecule has 1 aliphatic heterocycles. The van der Waals surface area contributed by atoms with Crippen LogP contribution in [0.5, 0.6) is 0 Å². The van der Waals surface area contributed by atoms with Gasteiger partial charge in [-0.1, -0.05) is 42.5 Å². The SMILES string of the molecule is Cl.c1ccc2c(c1)CCN2Cc1ccc(CNCc2ccncc2)cc1. The number of aromatic nitrogens is 1. The summed E-state index contributed by atoms with van der Waals surface area (Å²) >= 11 is 0. The van der Waals surface area contributed by atoms with Crippen molar-refractivity contribution in [2.24, 2.45) is 0 Å². The third-order valence-corrected chi connectivity index (χ3v) is 4.79. The summed E-state index contributed by atoms with van der Waals surface area (Å²) in [7, 11) is 0. The monoisotopic (exact) mass is 365 g/mol. The van der Waals surface area contributed by atoms with Crippen molar-refractivity contribution in [3.63, 3.8) is 0 Å². The largest absolute Gasteiger partial charge is 0.367 e. The average Bonchev–Trinajstić information content (AvgIpc) is 3.07. The molecule has 0 saturated heterocycles. The molecular weight excluding hydrogens is 342 g/mol. The highest BCUT2D eigenvalue weighted by Crippen LogP contribution is 2.28. The van der Waals surface area contributed by atoms with Crippen LogP contribution in [0.4, 0.5) is 5.69 Å². The lowest BCUT2D eigenvalue weighted by atomic mass is 10.1. The Balaban J connectivity index is 0.00000196. The van der Waals surface area contributed by atoms with Crippen molar-refractivity contribution in [2.45, 2.75) is 26.1 Å². The second-order valence-electron chi connectivity index (χ2n) is 6.58. The molecule has 0 aliphatic carbocycles. The molecule has 0 amide bonds. The highest BCUT2D eigenvalue weighted by Gasteiger charge is 2.17. The van der Waals surface area contributed by atoms with Gasteiger partial charge in [0.1, 0.15) is 0 Å². The van der Waals surface area contributed by atoms with Gasteiger partial charge in [0.15, 0.2) is 0 Å². The quantitative estimate of drug-likeness (QED) is 0.703. The van der Waals surface area contributed by atoms with Gasteiger partial charge in [0, 0.05) is 44.3 Å². The number of nitrogens with one attached hydrogen (secondary N) is 1. The lowest BCUT2D eigenvalue weighted by Gasteiger charge is -2.19. The maximum Gasteiger partial charge on any atom is 0.0429 e. The number of hydrogen-bond donors (Lipinski definition) is 1. The van der Waals surface area contributed by atoms with Crippen molar-refractivity contribution < 1.29 is 0 Å². The fourth-order valence-corrected chi connectivity index (χ4v) is 3.41. The molecule has 0 bridgehead atoms. The predicted molar refractivity (Wildman–Crippen MR) is 110 cm³/mol. The second-order valence-corrected chi connectivity index (χ2v) is 6.58. The Morgan fingerprint density at radius 3 is 2.23 bits per heavy atom. The molecule has 0 unspecified atom stereocenters. The summed E-state index contributed by atoms with van der Waals surface area (Å²) < 4.78 is 0. The molecule has 4 rings (SSSR count). The van der Waals surface area contributed by atoms with Crippen LogP contribution < -0.4 is 10.2 Å². The van der Waals surface area contributed by atoms with Crippen molar-refractivity contribution >= 4 is 18.1 Å². The molecule has 1 aromatic heterocycles. The zero-order valence-electron chi connectivity index (χ0n) is 14.8. The zero-order chi connectivity index (χ0) is 16.9. The van der Waals surface area contributed by atoms with E-state index in [-0.39, 0.29) is 12.4 Å². The first-order chi connectivity index (χ1) is 12.4. The predicted octanol–water partition coefficient (Wildman–Crippen LogP) is 4.36. The topological polar surface area (TPSA) is 28.2 Å². The van der Waals surface area contributed by atoms with E-state index in [1.807, 2.05) is 24.5 Å². The van der Waals surface area contributed by atoms with Gasteiger partial charge < -0.3 is 10.2 Å². The first-order valence-corrected chi connectivity index (χ1v) is 8.89. The number of para-hydroxylation sites is 1. The first-order valence-electron chi connectivity index (χ1n) is 8.89. The maximum atomic E-state index is 4.05. The molecule has 1 aliphatic rings. The van der Waals surface area contributed by atoms with Gasteiger partial charge in [-0.15, -0.1) is 12.4 Å². The van der Waals surface area contributed by atoms with Crippen LogP contribution in [0.2, 0.25) is 0 Å². The zero-order valence-corrected chi connectivity index (χ0v) is 15.6. The number of fused-ring (bicyclic) bond motifs is 1. The van der Waals surface area contributed by atoms with E-state index in [4.69, 9.17) is 0 Å². The third-order valence-electron chi connectivity index (χ3n) is 4.79. The summed E-state index contributed by atoms with van der Waals surface area (Å²) in [6, 6.07) is 21.8. The van der Waals surface area contributed by atoms with Crippen LogP contribution in [-0.2, 0) is 26.1 Å². The highest BCUT2D eigenvalue weighted by molar-refractivity contribution is 5.85. The molecular formula is C22H24ClN3. The fraction of sp³-hybridized carbons (Fsp3) is 0.227. The molecule has 4 heteroatoms. The number of hydrogen-bond acceptors (Lipinski definition) is 3. The van der Waals surface area contributed by atoms with Crippen molar-refractivity contribution in [3.05, 3.63) is 95.3 Å². The van der Waals surface area contributed by atoms with Gasteiger partial charge in [0.2, 0.25) is 0 Å². The summed E-state index contributed by atoms with van der Waals surface area (Å²) in [4.78, 5) is 6.52. The van der Waals surface area contributed by atoms with Crippen LogP contribution in [0, 0.1) is 0 Å². The molecule has 0 radical (unpaired) electrons. The minimum absolute atomic E-state index is 0. The van der Waals surface area contributed by atoms with E-state index in [0.29, 0.717) is 0 Å². The Bertz CT molecular complexity index is 818. The number of benzene rings is 2. The van der Waals surface area contributed by atoms with Gasteiger partial charge in [-0.2, -0.15) is 0 Å². The van der Waals surface area contributed by atoms with Crippen LogP contribution in [-0.4, -0.2) is 11.5 Å². The fourth-order valence-electron chi connectivity index (χ4n) is 3.41. The Kier molecular flexibility index (Phi) is 6.26. The number of halogens is 1. The highest BCUT2D eigenvalue weighted by atomic mass is 35.5. The lowest BCUT2D eigenvalue weighted by molar-refractivity contribution is 0.692. The van der Waals surface area contributed by atoms with E-state index >= 15 is 0 Å². The molecule has 2 heterocycles. The van der Waals surface area contributed by atoms with Gasteiger partial charge >= 0.3 is 0 Å². The van der Waals surface area contributed by atoms with E-state index in [1.54, 1.807) is 0 Å². The van der Waals surface area contributed by atoms with Crippen LogP contribution >= 0.6 is 12.4 Å². The van der Waals surface area contributed by atoms with Crippen molar-refractivity contribution in [1.82, 2.24) is 10.3 Å². The maximum absolute atomic E-state index is 4.05. The number of rotatable bonds is 6. The Labute approximate surface area is 161 Å². The normalized spacial score (nSPS) is 12.5. The number of pyridine rings is 1. The molecule has 2 aromatic carbocycles. The molecule has 3 aromatic rings. The Hall–Kier alpha value is -2.36. The minimum atomic E-state index is 0. The summed E-state index contributed by atoms with van der Waals surface area (Å²) in [5, 5.41) is 3.49. The molecule has 134 valence electrons. The van der Waals surface area contributed by atoms with Crippen molar-refractivity contribution in [3.8, 4) is 0 Å². The third kappa shape index (κ3) is 4.43. The molecule has 0 atom stereocenters. The number of anilines is 1. The summed E-state index contributed by atoms with van der Waals surface area (Å²) in [6.07, 6.45) is 4.83. The summed E-state index contributed by atoms with van der Waals surface area (Å²) in [5.41, 5.74) is 6.82. The summed E-state index contributed by atoms with van der Waals surface area (Å²) in [5.74, 6) is 0. The van der Waals surface area contributed by atoms with Crippen molar-refractivity contribution in [2.75, 3.05) is 11.4 Å². The smallest absolute Gasteiger partial charge is 0.0429 e. The number of nitrogens with zero attached hydrogens (tertiary/aromatic N) is 2. The summed E-state index contributed by atoms with van der Waals surface area (Å²) in [6.45, 7) is 3.86. The van der Waals surface area contributed by atoms with E-state index < -0.39 is 0 Å². The molecule has 26 heavy (non-hydrogen) atoms. The van der Waals surface area contributed by atoms with Gasteiger partial charge in [-0.3, -0.25) is 4.98 Å². The van der Waals surface area contributed by atoms with Crippen LogP contribution in [0.1, 0.15) is 22.3 Å². The van der Waals surface area contributed by atoms with E-state index in [1.165, 1.54) is 27.9 Å². The van der Waals surface area contributed by atoms with Crippen LogP contribution in [0.15, 0.2) is 73.1 Å². The Morgan fingerprint density at radius 2 is 1.46 bits per heavy atom. The minimum Gasteiger partial charge on any atom is -0.367 e. The van der Waals surface area contributed by atoms with E-state index in [0.717, 1.165) is 32.6 Å². The van der Waals surface area contributed by atoms with Gasteiger partial charge in [0.25, 0.3) is 0 Å². The lowest BCUT2D eigenvalue weighted by Crippen LogP contribution is -2.19. The van der Waals surface area contributed by atoms with Gasteiger partial charge in [-0.25, -0.2) is 0 Å². The molecule has 0 saturated carbocycles. The standard InChI is InChI=1S/C22H23N3.ClH/c1-2-4-22-21(3-1)11-14-25(22)17-20-7-5-18(6-8-20)15-24-16-19-9-12-23-13-10-19;/h1-10,12-13,24H,11,14-17H2;1H. The van der Waals surface area contributed by atoms with Gasteiger partial charge in [-0.05, 0) is 46.9 Å². The Morgan fingerprint density at radius 1 is 0.808 bits per heavy atom. The molecule has 0 fully saturated rings. The van der Waals surface area contributed by atoms with E-state index in [2.05, 4.69) is 63.7 Å². The molecule has 1 N–H and O–H groups in total. The van der Waals surface area contributed by atoms with E-state index in [9.17, 15) is 0 Å². The second kappa shape index (κ2) is 8.84. The first kappa shape index (κ1) is 18.4. The van der Waals surface area contributed by atoms with Crippen LogP contribution in [0.3, 0.4) is 0 Å². The molecule has 0 spiro atoms. The van der Waals surface area contributed by atoms with Gasteiger partial charge in [0.05, 0.1) is 0 Å². The van der Waals surface area contributed by atoms with Crippen LogP contribution in [0.25, 0.3) is 0 Å². The molecule has 3 nitrogen and oxygen atoms in total. The van der Waals surface area contributed by atoms with Crippen molar-refractivity contribution in [1.29, 1.82) is 0 Å². The average molecular weight is 366 g/mol.